The summed E-state index contributed by atoms with van der Waals surface area (Å²) >= 11 is 1.12. The van der Waals surface area contributed by atoms with Gasteiger partial charge in [0.05, 0.1) is 38.1 Å². The first-order valence-corrected chi connectivity index (χ1v) is 10.7. The molecule has 0 unspecified atom stereocenters. The molecular formula is C24H20FN3O4S. The van der Waals surface area contributed by atoms with Crippen LogP contribution in [0.4, 0.5) is 4.39 Å². The fourth-order valence-corrected chi connectivity index (χ4v) is 4.02. The molecule has 0 atom stereocenters. The third kappa shape index (κ3) is 5.15. The smallest absolute Gasteiger partial charge is 0.267 e. The number of benzene rings is 2. The minimum atomic E-state index is -0.409. The molecule has 9 heteroatoms. The molecule has 2 heterocycles. The summed E-state index contributed by atoms with van der Waals surface area (Å²) in [5.41, 5.74) is 1.06. The summed E-state index contributed by atoms with van der Waals surface area (Å²) in [6, 6.07) is 15.1. The number of furan rings is 1. The lowest BCUT2D eigenvalue weighted by atomic mass is 10.2. The van der Waals surface area contributed by atoms with E-state index in [0.717, 1.165) is 17.3 Å². The van der Waals surface area contributed by atoms with E-state index in [9.17, 15) is 9.18 Å². The average Bonchev–Trinajstić information content (AvgIpc) is 3.44. The van der Waals surface area contributed by atoms with Crippen molar-refractivity contribution in [3.8, 4) is 11.5 Å². The molecule has 1 amide bonds. The van der Waals surface area contributed by atoms with Gasteiger partial charge in [-0.3, -0.25) is 9.69 Å². The summed E-state index contributed by atoms with van der Waals surface area (Å²) in [6.45, 7) is 0.179. The summed E-state index contributed by atoms with van der Waals surface area (Å²) in [5.74, 6) is 1.04. The lowest BCUT2D eigenvalue weighted by Crippen LogP contribution is -2.28. The van der Waals surface area contributed by atoms with Gasteiger partial charge in [-0.1, -0.05) is 18.2 Å². The van der Waals surface area contributed by atoms with Crippen molar-refractivity contribution in [2.45, 2.75) is 6.54 Å². The number of thioether (sulfide) groups is 1. The van der Waals surface area contributed by atoms with E-state index < -0.39 is 5.82 Å². The zero-order valence-corrected chi connectivity index (χ0v) is 18.7. The Morgan fingerprint density at radius 1 is 1.09 bits per heavy atom. The maximum absolute atomic E-state index is 14.1. The van der Waals surface area contributed by atoms with Crippen molar-refractivity contribution >= 4 is 35.1 Å². The van der Waals surface area contributed by atoms with Crippen molar-refractivity contribution in [1.29, 1.82) is 0 Å². The molecule has 0 spiro atoms. The molecule has 168 valence electrons. The Balaban J connectivity index is 1.62. The Morgan fingerprint density at radius 3 is 2.64 bits per heavy atom. The first-order chi connectivity index (χ1) is 16.1. The maximum Gasteiger partial charge on any atom is 0.267 e. The SMILES string of the molecule is COc1ccc(/C=N\N=C2\S/C(=C\c3ccccc3F)C(=O)N2Cc2ccco2)cc1OC. The third-order valence-corrected chi connectivity index (χ3v) is 5.73. The molecule has 0 saturated carbocycles. The minimum absolute atomic E-state index is 0.179. The standard InChI is InChI=1S/C24H20FN3O4S/c1-30-20-10-9-16(12-21(20)31-2)14-26-27-24-28(15-18-7-5-11-32-18)23(29)22(33-24)13-17-6-3-4-8-19(17)25/h3-14H,15H2,1-2H3/b22-13-,26-14-,27-24+. The number of carbonyl (C=O) groups excluding carboxylic acids is 1. The van der Waals surface area contributed by atoms with Crippen LogP contribution in [0.5, 0.6) is 11.5 Å². The molecule has 0 radical (unpaired) electrons. The van der Waals surface area contributed by atoms with Crippen LogP contribution in [0, 0.1) is 5.82 Å². The molecule has 1 aliphatic heterocycles. The third-order valence-electron chi connectivity index (χ3n) is 4.73. The number of amidine groups is 1. The van der Waals surface area contributed by atoms with Crippen molar-refractivity contribution in [2.24, 2.45) is 10.2 Å². The first-order valence-electron chi connectivity index (χ1n) is 9.90. The van der Waals surface area contributed by atoms with Crippen LogP contribution in [0.3, 0.4) is 0 Å². The van der Waals surface area contributed by atoms with Crippen molar-refractivity contribution < 1.29 is 23.1 Å². The number of methoxy groups -OCH3 is 2. The number of carbonyl (C=O) groups is 1. The second-order valence-corrected chi connectivity index (χ2v) is 7.85. The molecule has 1 saturated heterocycles. The minimum Gasteiger partial charge on any atom is -0.493 e. The van der Waals surface area contributed by atoms with Gasteiger partial charge >= 0.3 is 0 Å². The monoisotopic (exact) mass is 465 g/mol. The van der Waals surface area contributed by atoms with Gasteiger partial charge in [0, 0.05) is 5.56 Å². The highest BCUT2D eigenvalue weighted by molar-refractivity contribution is 8.18. The van der Waals surface area contributed by atoms with E-state index in [2.05, 4.69) is 10.2 Å². The fourth-order valence-electron chi connectivity index (χ4n) is 3.09. The van der Waals surface area contributed by atoms with E-state index in [1.807, 2.05) is 6.07 Å². The van der Waals surface area contributed by atoms with Crippen LogP contribution in [-0.4, -0.2) is 36.4 Å². The van der Waals surface area contributed by atoms with Gasteiger partial charge in [-0.05, 0) is 59.8 Å². The predicted octanol–water partition coefficient (Wildman–Crippen LogP) is 4.94. The van der Waals surface area contributed by atoms with Gasteiger partial charge in [0.1, 0.15) is 11.6 Å². The summed E-state index contributed by atoms with van der Waals surface area (Å²) in [4.78, 5) is 14.8. The highest BCUT2D eigenvalue weighted by atomic mass is 32.2. The van der Waals surface area contributed by atoms with Crippen molar-refractivity contribution in [3.63, 3.8) is 0 Å². The molecule has 0 bridgehead atoms. The Labute approximate surface area is 194 Å². The summed E-state index contributed by atoms with van der Waals surface area (Å²) in [6.07, 6.45) is 4.59. The lowest BCUT2D eigenvalue weighted by Gasteiger charge is -2.12. The van der Waals surface area contributed by atoms with E-state index in [0.29, 0.717) is 32.9 Å². The molecule has 2 aromatic carbocycles. The molecule has 1 aromatic heterocycles. The van der Waals surface area contributed by atoms with Crippen LogP contribution < -0.4 is 9.47 Å². The van der Waals surface area contributed by atoms with Crippen LogP contribution in [0.25, 0.3) is 6.08 Å². The summed E-state index contributed by atoms with van der Waals surface area (Å²) in [5, 5.41) is 8.75. The Morgan fingerprint density at radius 2 is 1.91 bits per heavy atom. The van der Waals surface area contributed by atoms with E-state index in [4.69, 9.17) is 13.9 Å². The van der Waals surface area contributed by atoms with E-state index in [-0.39, 0.29) is 12.5 Å². The van der Waals surface area contributed by atoms with Gasteiger partial charge in [0.2, 0.25) is 0 Å². The van der Waals surface area contributed by atoms with E-state index in [1.54, 1.807) is 62.9 Å². The van der Waals surface area contributed by atoms with Crippen LogP contribution in [0.1, 0.15) is 16.9 Å². The van der Waals surface area contributed by atoms with Crippen molar-refractivity contribution in [1.82, 2.24) is 4.90 Å². The summed E-state index contributed by atoms with van der Waals surface area (Å²) in [7, 11) is 3.11. The molecule has 0 aliphatic carbocycles. The Kier molecular flexibility index (Phi) is 6.89. The molecule has 4 rings (SSSR count). The fraction of sp³-hybridized carbons (Fsp3) is 0.125. The lowest BCUT2D eigenvalue weighted by molar-refractivity contribution is -0.122. The molecule has 7 nitrogen and oxygen atoms in total. The van der Waals surface area contributed by atoms with Crippen molar-refractivity contribution in [3.05, 3.63) is 88.5 Å². The second-order valence-electron chi connectivity index (χ2n) is 6.84. The topological polar surface area (TPSA) is 76.6 Å². The number of amides is 1. The van der Waals surface area contributed by atoms with Gasteiger partial charge in [-0.25, -0.2) is 4.39 Å². The molecule has 1 aliphatic rings. The van der Waals surface area contributed by atoms with Crippen LogP contribution in [-0.2, 0) is 11.3 Å². The van der Waals surface area contributed by atoms with Gasteiger partial charge in [0.15, 0.2) is 16.7 Å². The number of hydrogen-bond donors (Lipinski definition) is 0. The van der Waals surface area contributed by atoms with Gasteiger partial charge in [0.25, 0.3) is 5.91 Å². The normalized spacial score (nSPS) is 16.3. The van der Waals surface area contributed by atoms with E-state index in [1.165, 1.54) is 23.3 Å². The quantitative estimate of drug-likeness (QED) is 0.281. The zero-order chi connectivity index (χ0) is 23.2. The highest BCUT2D eigenvalue weighted by Crippen LogP contribution is 2.34. The van der Waals surface area contributed by atoms with Crippen LogP contribution in [0.15, 0.2) is 80.4 Å². The number of rotatable bonds is 7. The zero-order valence-electron chi connectivity index (χ0n) is 17.9. The molecular weight excluding hydrogens is 445 g/mol. The number of hydrogen-bond acceptors (Lipinski definition) is 7. The van der Waals surface area contributed by atoms with Crippen LogP contribution in [0.2, 0.25) is 0 Å². The predicted molar refractivity (Wildman–Crippen MR) is 126 cm³/mol. The molecule has 0 N–H and O–H groups in total. The number of ether oxygens (including phenoxy) is 2. The van der Waals surface area contributed by atoms with Gasteiger partial charge in [-0.2, -0.15) is 5.10 Å². The molecule has 3 aromatic rings. The highest BCUT2D eigenvalue weighted by Gasteiger charge is 2.34. The van der Waals surface area contributed by atoms with Gasteiger partial charge in [-0.15, -0.1) is 5.10 Å². The molecule has 33 heavy (non-hydrogen) atoms. The maximum atomic E-state index is 14.1. The van der Waals surface area contributed by atoms with E-state index >= 15 is 0 Å². The Bertz CT molecular complexity index is 1240. The second kappa shape index (κ2) is 10.2. The average molecular weight is 466 g/mol. The van der Waals surface area contributed by atoms with Gasteiger partial charge < -0.3 is 13.9 Å². The van der Waals surface area contributed by atoms with Crippen LogP contribution >= 0.6 is 11.8 Å². The Hall–Kier alpha value is -3.85. The van der Waals surface area contributed by atoms with Crippen molar-refractivity contribution in [2.75, 3.05) is 14.2 Å². The summed E-state index contributed by atoms with van der Waals surface area (Å²) < 4.78 is 30.0. The largest absolute Gasteiger partial charge is 0.493 e. The number of halogens is 1. The first kappa shape index (κ1) is 22.3. The molecule has 1 fully saturated rings. The number of nitrogens with zero attached hydrogens (tertiary/aromatic N) is 3.